The number of hydrogen-bond acceptors (Lipinski definition) is 3. The third-order valence-electron chi connectivity index (χ3n) is 3.20. The van der Waals surface area contributed by atoms with Crippen LogP contribution in [0.25, 0.3) is 0 Å². The molecule has 0 bridgehead atoms. The maximum atomic E-state index is 5.68. The van der Waals surface area contributed by atoms with Crippen LogP contribution >= 0.6 is 15.9 Å². The summed E-state index contributed by atoms with van der Waals surface area (Å²) in [5.41, 5.74) is 3.58. The van der Waals surface area contributed by atoms with E-state index in [1.54, 1.807) is 7.11 Å². The molecule has 0 aromatic heterocycles. The molecule has 0 aliphatic rings. The molecule has 21 heavy (non-hydrogen) atoms. The zero-order valence-corrected chi connectivity index (χ0v) is 14.2. The van der Waals surface area contributed by atoms with Crippen LogP contribution in [0.15, 0.2) is 40.9 Å². The molecular formula is C17H20BrNO2. The fourth-order valence-corrected chi connectivity index (χ4v) is 2.31. The van der Waals surface area contributed by atoms with Crippen molar-refractivity contribution in [2.75, 3.05) is 25.6 Å². The average Bonchev–Trinajstić information content (AvgIpc) is 2.49. The fourth-order valence-electron chi connectivity index (χ4n) is 2.08. The summed E-state index contributed by atoms with van der Waals surface area (Å²) in [6, 6.07) is 11.9. The van der Waals surface area contributed by atoms with Crippen molar-refractivity contribution in [1.29, 1.82) is 0 Å². The summed E-state index contributed by atoms with van der Waals surface area (Å²) in [6.45, 7) is 5.55. The van der Waals surface area contributed by atoms with Gasteiger partial charge < -0.3 is 14.8 Å². The lowest BCUT2D eigenvalue weighted by atomic mass is 10.1. The van der Waals surface area contributed by atoms with E-state index in [-0.39, 0.29) is 0 Å². The summed E-state index contributed by atoms with van der Waals surface area (Å²) < 4.78 is 12.0. The van der Waals surface area contributed by atoms with Crippen molar-refractivity contribution in [3.05, 3.63) is 52.0 Å². The number of ether oxygens (including phenoxy) is 2. The second-order valence-electron chi connectivity index (χ2n) is 4.87. The van der Waals surface area contributed by atoms with Gasteiger partial charge >= 0.3 is 0 Å². The molecular weight excluding hydrogens is 330 g/mol. The molecule has 112 valence electrons. The molecule has 0 radical (unpaired) electrons. The van der Waals surface area contributed by atoms with Crippen molar-refractivity contribution in [3.63, 3.8) is 0 Å². The molecule has 2 rings (SSSR count). The molecule has 0 saturated carbocycles. The standard InChI is InChI=1S/C17H20BrNO2/c1-12-10-14(11-13(2)17(12)18)19-8-9-21-16-6-4-15(20-3)5-7-16/h4-7,10-11,19H,8-9H2,1-3H3. The number of rotatable bonds is 6. The molecule has 0 aliphatic heterocycles. The summed E-state index contributed by atoms with van der Waals surface area (Å²) in [5, 5.41) is 3.38. The summed E-state index contributed by atoms with van der Waals surface area (Å²) in [6.07, 6.45) is 0. The highest BCUT2D eigenvalue weighted by Gasteiger charge is 2.02. The zero-order chi connectivity index (χ0) is 15.2. The third-order valence-corrected chi connectivity index (χ3v) is 4.45. The van der Waals surface area contributed by atoms with E-state index in [0.29, 0.717) is 6.61 Å². The van der Waals surface area contributed by atoms with Crippen LogP contribution in [0.5, 0.6) is 11.5 Å². The maximum Gasteiger partial charge on any atom is 0.119 e. The number of nitrogens with one attached hydrogen (secondary N) is 1. The van der Waals surface area contributed by atoms with E-state index in [4.69, 9.17) is 9.47 Å². The monoisotopic (exact) mass is 349 g/mol. The van der Waals surface area contributed by atoms with Gasteiger partial charge in [0.1, 0.15) is 18.1 Å². The molecule has 3 nitrogen and oxygen atoms in total. The van der Waals surface area contributed by atoms with Crippen molar-refractivity contribution in [2.45, 2.75) is 13.8 Å². The molecule has 0 amide bonds. The molecule has 0 fully saturated rings. The molecule has 4 heteroatoms. The van der Waals surface area contributed by atoms with Gasteiger partial charge in [0.05, 0.1) is 7.11 Å². The second kappa shape index (κ2) is 7.36. The first-order valence-corrected chi connectivity index (χ1v) is 7.67. The number of aryl methyl sites for hydroxylation is 2. The Hall–Kier alpha value is -1.68. The first-order chi connectivity index (χ1) is 10.1. The number of hydrogen-bond donors (Lipinski definition) is 1. The molecule has 0 aliphatic carbocycles. The maximum absolute atomic E-state index is 5.68. The van der Waals surface area contributed by atoms with Gasteiger partial charge in [0, 0.05) is 16.7 Å². The van der Waals surface area contributed by atoms with Gasteiger partial charge in [-0.2, -0.15) is 0 Å². The Morgan fingerprint density at radius 3 is 2.14 bits per heavy atom. The van der Waals surface area contributed by atoms with Crippen LogP contribution < -0.4 is 14.8 Å². The Balaban J connectivity index is 1.81. The van der Waals surface area contributed by atoms with E-state index < -0.39 is 0 Å². The Labute approximate surface area is 134 Å². The molecule has 2 aromatic carbocycles. The highest BCUT2D eigenvalue weighted by Crippen LogP contribution is 2.24. The first-order valence-electron chi connectivity index (χ1n) is 6.87. The predicted molar refractivity (Wildman–Crippen MR) is 90.6 cm³/mol. The van der Waals surface area contributed by atoms with E-state index in [1.807, 2.05) is 24.3 Å². The Bertz CT molecular complexity index is 573. The minimum absolute atomic E-state index is 0.612. The van der Waals surface area contributed by atoms with Gasteiger partial charge in [-0.1, -0.05) is 15.9 Å². The smallest absolute Gasteiger partial charge is 0.119 e. The lowest BCUT2D eigenvalue weighted by Crippen LogP contribution is -2.11. The van der Waals surface area contributed by atoms with Crippen molar-refractivity contribution in [1.82, 2.24) is 0 Å². The number of anilines is 1. The Morgan fingerprint density at radius 2 is 1.57 bits per heavy atom. The number of halogens is 1. The van der Waals surface area contributed by atoms with Crippen LogP contribution in [0.2, 0.25) is 0 Å². The van der Waals surface area contributed by atoms with Crippen LogP contribution in [0.3, 0.4) is 0 Å². The lowest BCUT2D eigenvalue weighted by molar-refractivity contribution is 0.332. The second-order valence-corrected chi connectivity index (χ2v) is 5.67. The molecule has 0 atom stereocenters. The summed E-state index contributed by atoms with van der Waals surface area (Å²) in [5.74, 6) is 1.68. The van der Waals surface area contributed by atoms with Crippen LogP contribution in [-0.2, 0) is 0 Å². The average molecular weight is 350 g/mol. The van der Waals surface area contributed by atoms with E-state index >= 15 is 0 Å². The number of benzene rings is 2. The topological polar surface area (TPSA) is 30.5 Å². The van der Waals surface area contributed by atoms with Crippen molar-refractivity contribution >= 4 is 21.6 Å². The van der Waals surface area contributed by atoms with Crippen molar-refractivity contribution < 1.29 is 9.47 Å². The Morgan fingerprint density at radius 1 is 1.00 bits per heavy atom. The zero-order valence-electron chi connectivity index (χ0n) is 12.6. The van der Waals surface area contributed by atoms with E-state index in [1.165, 1.54) is 15.6 Å². The molecule has 0 heterocycles. The first kappa shape index (κ1) is 15.7. The van der Waals surface area contributed by atoms with Gasteiger partial charge in [-0.3, -0.25) is 0 Å². The van der Waals surface area contributed by atoms with E-state index in [0.717, 1.165) is 23.7 Å². The van der Waals surface area contributed by atoms with Crippen molar-refractivity contribution in [3.8, 4) is 11.5 Å². The van der Waals surface area contributed by atoms with Gasteiger partial charge in [-0.15, -0.1) is 0 Å². The predicted octanol–water partition coefficient (Wildman–Crippen LogP) is 4.57. The third kappa shape index (κ3) is 4.39. The summed E-state index contributed by atoms with van der Waals surface area (Å²) >= 11 is 3.57. The van der Waals surface area contributed by atoms with Crippen LogP contribution in [0.4, 0.5) is 5.69 Å². The van der Waals surface area contributed by atoms with E-state index in [9.17, 15) is 0 Å². The van der Waals surface area contributed by atoms with E-state index in [2.05, 4.69) is 47.2 Å². The van der Waals surface area contributed by atoms with Gasteiger partial charge in [-0.05, 0) is 61.4 Å². The van der Waals surface area contributed by atoms with Gasteiger partial charge in [0.15, 0.2) is 0 Å². The highest BCUT2D eigenvalue weighted by molar-refractivity contribution is 9.10. The molecule has 0 unspecified atom stereocenters. The molecule has 0 spiro atoms. The lowest BCUT2D eigenvalue weighted by Gasteiger charge is -2.11. The van der Waals surface area contributed by atoms with Crippen LogP contribution in [-0.4, -0.2) is 20.3 Å². The van der Waals surface area contributed by atoms with Gasteiger partial charge in [0.2, 0.25) is 0 Å². The highest BCUT2D eigenvalue weighted by atomic mass is 79.9. The molecule has 0 saturated heterocycles. The normalized spacial score (nSPS) is 10.3. The number of methoxy groups -OCH3 is 1. The SMILES string of the molecule is COc1ccc(OCCNc2cc(C)c(Br)c(C)c2)cc1. The van der Waals surface area contributed by atoms with Crippen molar-refractivity contribution in [2.24, 2.45) is 0 Å². The fraction of sp³-hybridized carbons (Fsp3) is 0.294. The summed E-state index contributed by atoms with van der Waals surface area (Å²) in [4.78, 5) is 0. The van der Waals surface area contributed by atoms with Crippen LogP contribution in [0, 0.1) is 13.8 Å². The molecule has 2 aromatic rings. The molecule has 1 N–H and O–H groups in total. The Kier molecular flexibility index (Phi) is 5.51. The van der Waals surface area contributed by atoms with Gasteiger partial charge in [-0.25, -0.2) is 0 Å². The quantitative estimate of drug-likeness (QED) is 0.775. The van der Waals surface area contributed by atoms with Crippen LogP contribution in [0.1, 0.15) is 11.1 Å². The minimum Gasteiger partial charge on any atom is -0.497 e. The minimum atomic E-state index is 0.612. The largest absolute Gasteiger partial charge is 0.497 e. The summed E-state index contributed by atoms with van der Waals surface area (Å²) in [7, 11) is 1.65. The van der Waals surface area contributed by atoms with Gasteiger partial charge in [0.25, 0.3) is 0 Å².